The van der Waals surface area contributed by atoms with Crippen molar-refractivity contribution < 1.29 is 0 Å². The number of unbranched alkanes of at least 4 members (excludes halogenated alkanes) is 1. The maximum atomic E-state index is 12.9. The molecule has 0 saturated heterocycles. The van der Waals surface area contributed by atoms with Crippen LogP contribution in [0.3, 0.4) is 0 Å². The van der Waals surface area contributed by atoms with Crippen LogP contribution in [0.15, 0.2) is 33.9 Å². The van der Waals surface area contributed by atoms with Gasteiger partial charge >= 0.3 is 5.69 Å². The molecule has 0 aliphatic carbocycles. The van der Waals surface area contributed by atoms with Crippen molar-refractivity contribution in [2.45, 2.75) is 33.2 Å². The van der Waals surface area contributed by atoms with Crippen molar-refractivity contribution in [3.8, 4) is 11.4 Å². The Bertz CT molecular complexity index is 1270. The zero-order valence-corrected chi connectivity index (χ0v) is 15.9. The van der Waals surface area contributed by atoms with E-state index >= 15 is 0 Å². The molecule has 8 nitrogen and oxygen atoms in total. The molecular formula is C19H22N6O2. The first-order valence-electron chi connectivity index (χ1n) is 9.06. The van der Waals surface area contributed by atoms with Gasteiger partial charge in [-0.25, -0.2) is 9.20 Å². The third-order valence-corrected chi connectivity index (χ3v) is 5.02. The normalized spacial score (nSPS) is 11.7. The Balaban J connectivity index is 2.18. The largest absolute Gasteiger partial charge is 0.332 e. The minimum atomic E-state index is -0.370. The van der Waals surface area contributed by atoms with Gasteiger partial charge in [-0.1, -0.05) is 43.2 Å². The molecule has 3 heterocycles. The van der Waals surface area contributed by atoms with Gasteiger partial charge in [0.2, 0.25) is 5.78 Å². The Morgan fingerprint density at radius 3 is 2.37 bits per heavy atom. The maximum Gasteiger partial charge on any atom is 0.332 e. The predicted molar refractivity (Wildman–Crippen MR) is 104 cm³/mol. The zero-order chi connectivity index (χ0) is 19.3. The van der Waals surface area contributed by atoms with E-state index in [-0.39, 0.29) is 11.2 Å². The summed E-state index contributed by atoms with van der Waals surface area (Å²) in [6.45, 7) is 4.76. The molecule has 3 aromatic heterocycles. The van der Waals surface area contributed by atoms with E-state index < -0.39 is 0 Å². The molecule has 0 unspecified atom stereocenters. The van der Waals surface area contributed by atoms with E-state index in [0.29, 0.717) is 29.3 Å². The fraction of sp³-hybridized carbons (Fsp3) is 0.368. The lowest BCUT2D eigenvalue weighted by molar-refractivity contribution is 0.646. The number of nitrogens with zero attached hydrogens (tertiary/aromatic N) is 6. The van der Waals surface area contributed by atoms with Gasteiger partial charge in [-0.2, -0.15) is 0 Å². The number of aromatic nitrogens is 6. The van der Waals surface area contributed by atoms with Crippen LogP contribution in [0.1, 0.15) is 25.3 Å². The average Bonchev–Trinajstić information content (AvgIpc) is 3.22. The van der Waals surface area contributed by atoms with Crippen LogP contribution in [0, 0.1) is 6.92 Å². The van der Waals surface area contributed by atoms with Crippen LogP contribution in [0.2, 0.25) is 0 Å². The Labute approximate surface area is 155 Å². The summed E-state index contributed by atoms with van der Waals surface area (Å²) in [6.07, 6.45) is 1.88. The summed E-state index contributed by atoms with van der Waals surface area (Å²) in [5, 5.41) is 8.73. The fourth-order valence-corrected chi connectivity index (χ4v) is 3.47. The molecule has 4 aromatic rings. The molecule has 0 aliphatic heterocycles. The summed E-state index contributed by atoms with van der Waals surface area (Å²) < 4.78 is 6.33. The van der Waals surface area contributed by atoms with Crippen LogP contribution in [0.5, 0.6) is 0 Å². The van der Waals surface area contributed by atoms with Gasteiger partial charge in [-0.15, -0.1) is 10.2 Å². The second-order valence-corrected chi connectivity index (χ2v) is 6.91. The van der Waals surface area contributed by atoms with Crippen LogP contribution >= 0.6 is 0 Å². The molecule has 0 radical (unpaired) electrons. The summed E-state index contributed by atoms with van der Waals surface area (Å²) in [7, 11) is 3.18. The van der Waals surface area contributed by atoms with Crippen molar-refractivity contribution in [2.75, 3.05) is 0 Å². The maximum absolute atomic E-state index is 12.9. The average molecular weight is 366 g/mol. The summed E-state index contributed by atoms with van der Waals surface area (Å²) >= 11 is 0. The van der Waals surface area contributed by atoms with E-state index in [1.54, 1.807) is 7.05 Å². The third kappa shape index (κ3) is 2.43. The topological polar surface area (TPSA) is 79.1 Å². The highest BCUT2D eigenvalue weighted by Crippen LogP contribution is 2.24. The Kier molecular flexibility index (Phi) is 3.98. The smallest absolute Gasteiger partial charge is 0.302 e. The molecule has 0 aliphatic rings. The first kappa shape index (κ1) is 17.3. The lowest BCUT2D eigenvalue weighted by Crippen LogP contribution is -2.37. The van der Waals surface area contributed by atoms with Crippen molar-refractivity contribution in [1.82, 2.24) is 28.3 Å². The molecule has 0 atom stereocenters. The number of benzene rings is 1. The fourth-order valence-electron chi connectivity index (χ4n) is 3.47. The van der Waals surface area contributed by atoms with Crippen molar-refractivity contribution >= 4 is 16.9 Å². The number of hydrogen-bond acceptors (Lipinski definition) is 4. The van der Waals surface area contributed by atoms with Gasteiger partial charge in [-0.3, -0.25) is 13.9 Å². The van der Waals surface area contributed by atoms with Crippen LogP contribution in [-0.4, -0.2) is 28.3 Å². The van der Waals surface area contributed by atoms with E-state index in [4.69, 9.17) is 0 Å². The second kappa shape index (κ2) is 6.22. The second-order valence-electron chi connectivity index (χ2n) is 6.91. The molecule has 0 fully saturated rings. The first-order chi connectivity index (χ1) is 13.0. The highest BCUT2D eigenvalue weighted by atomic mass is 16.2. The first-order valence-corrected chi connectivity index (χ1v) is 9.06. The standard InChI is InChI=1S/C19H22N6O2/c1-5-6-11-24-14-16(22(3)19(27)23(4)17(14)26)25-15(20-21-18(24)25)13-9-7-12(2)8-10-13/h7-10H,5-6,11H2,1-4H3. The SMILES string of the molecule is CCCCn1c2c(=O)n(C)c(=O)n(C)c2n2c(-c3ccc(C)cc3)nnc12. The third-order valence-electron chi connectivity index (χ3n) is 5.02. The highest BCUT2D eigenvalue weighted by molar-refractivity contribution is 5.79. The lowest BCUT2D eigenvalue weighted by atomic mass is 10.1. The molecule has 8 heteroatoms. The molecule has 0 bridgehead atoms. The predicted octanol–water partition coefficient (Wildman–Crippen LogP) is 1.86. The van der Waals surface area contributed by atoms with Gasteiger partial charge in [0.25, 0.3) is 5.56 Å². The summed E-state index contributed by atoms with van der Waals surface area (Å²) in [5.74, 6) is 1.20. The van der Waals surface area contributed by atoms with E-state index in [0.717, 1.165) is 28.5 Å². The number of hydrogen-bond donors (Lipinski definition) is 0. The molecule has 27 heavy (non-hydrogen) atoms. The van der Waals surface area contributed by atoms with Gasteiger partial charge in [0, 0.05) is 26.2 Å². The van der Waals surface area contributed by atoms with Gasteiger partial charge in [0.15, 0.2) is 17.0 Å². The molecule has 1 aromatic carbocycles. The molecule has 0 spiro atoms. The van der Waals surface area contributed by atoms with E-state index in [2.05, 4.69) is 17.1 Å². The molecule has 140 valence electrons. The van der Waals surface area contributed by atoms with Gasteiger partial charge in [0.1, 0.15) is 0 Å². The minimum Gasteiger partial charge on any atom is -0.302 e. The number of aryl methyl sites for hydroxylation is 3. The molecule has 0 N–H and O–H groups in total. The molecule has 4 rings (SSSR count). The summed E-state index contributed by atoms with van der Waals surface area (Å²) in [5.41, 5.74) is 2.35. The number of fused-ring (bicyclic) bond motifs is 3. The van der Waals surface area contributed by atoms with Crippen molar-refractivity contribution in [1.29, 1.82) is 0 Å². The summed E-state index contributed by atoms with van der Waals surface area (Å²) in [6, 6.07) is 7.95. The van der Waals surface area contributed by atoms with E-state index in [1.807, 2.05) is 40.2 Å². The quantitative estimate of drug-likeness (QED) is 0.552. The van der Waals surface area contributed by atoms with Crippen LogP contribution < -0.4 is 11.2 Å². The molecule has 0 saturated carbocycles. The van der Waals surface area contributed by atoms with Crippen LogP contribution in [-0.2, 0) is 20.6 Å². The zero-order valence-electron chi connectivity index (χ0n) is 15.9. The van der Waals surface area contributed by atoms with Gasteiger partial charge in [0.05, 0.1) is 0 Å². The molecule has 0 amide bonds. The van der Waals surface area contributed by atoms with Crippen molar-refractivity contribution in [3.63, 3.8) is 0 Å². The summed E-state index contributed by atoms with van der Waals surface area (Å²) in [4.78, 5) is 25.5. The Hall–Kier alpha value is -3.16. The van der Waals surface area contributed by atoms with Crippen molar-refractivity contribution in [2.24, 2.45) is 14.1 Å². The molecular weight excluding hydrogens is 344 g/mol. The van der Waals surface area contributed by atoms with Crippen LogP contribution in [0.25, 0.3) is 28.3 Å². The number of imidazole rings is 1. The van der Waals surface area contributed by atoms with Gasteiger partial charge in [-0.05, 0) is 13.3 Å². The lowest BCUT2D eigenvalue weighted by Gasteiger charge is -2.07. The Morgan fingerprint density at radius 1 is 1.00 bits per heavy atom. The van der Waals surface area contributed by atoms with Crippen LogP contribution in [0.4, 0.5) is 0 Å². The highest BCUT2D eigenvalue weighted by Gasteiger charge is 2.23. The monoisotopic (exact) mass is 366 g/mol. The van der Waals surface area contributed by atoms with E-state index in [9.17, 15) is 9.59 Å². The van der Waals surface area contributed by atoms with Crippen molar-refractivity contribution in [3.05, 3.63) is 50.7 Å². The van der Waals surface area contributed by atoms with Gasteiger partial charge < -0.3 is 4.57 Å². The Morgan fingerprint density at radius 2 is 1.70 bits per heavy atom. The van der Waals surface area contributed by atoms with E-state index in [1.165, 1.54) is 11.6 Å². The minimum absolute atomic E-state index is 0.315. The number of rotatable bonds is 4.